The van der Waals surface area contributed by atoms with Crippen LogP contribution in [-0.2, 0) is 0 Å². The second-order valence-corrected chi connectivity index (χ2v) is 6.96. The maximum atomic E-state index is 6.32. The van der Waals surface area contributed by atoms with E-state index in [1.165, 1.54) is 0 Å². The number of benzene rings is 2. The molecule has 6 heteroatoms. The van der Waals surface area contributed by atoms with Gasteiger partial charge in [0.2, 0.25) is 0 Å². The molecule has 0 unspecified atom stereocenters. The molecule has 0 bridgehead atoms. The van der Waals surface area contributed by atoms with Gasteiger partial charge in [0.25, 0.3) is 0 Å². The van der Waals surface area contributed by atoms with E-state index in [1.807, 2.05) is 42.5 Å². The maximum absolute atomic E-state index is 6.32. The van der Waals surface area contributed by atoms with Gasteiger partial charge < -0.3 is 15.4 Å². The van der Waals surface area contributed by atoms with Gasteiger partial charge in [0.05, 0.1) is 22.3 Å². The summed E-state index contributed by atoms with van der Waals surface area (Å²) >= 11 is 12.4. The van der Waals surface area contributed by atoms with Crippen molar-refractivity contribution in [1.29, 1.82) is 0 Å². The van der Waals surface area contributed by atoms with Crippen molar-refractivity contribution in [2.45, 2.75) is 6.42 Å². The number of nitrogen functional groups attached to an aromatic ring is 1. The van der Waals surface area contributed by atoms with Crippen LogP contribution < -0.4 is 15.4 Å². The van der Waals surface area contributed by atoms with E-state index in [4.69, 9.17) is 33.7 Å². The minimum atomic E-state index is 0.612. The largest absolute Gasteiger partial charge is 0.494 e. The zero-order chi connectivity index (χ0) is 17.6. The zero-order valence-corrected chi connectivity index (χ0v) is 15.6. The Hall–Kier alpha value is -1.62. The topological polar surface area (TPSA) is 41.7 Å². The van der Waals surface area contributed by atoms with Gasteiger partial charge in [-0.2, -0.15) is 0 Å². The Balaban J connectivity index is 1.39. The molecule has 3 rings (SSSR count). The van der Waals surface area contributed by atoms with E-state index in [1.54, 1.807) is 0 Å². The summed E-state index contributed by atoms with van der Waals surface area (Å²) in [6.07, 6.45) is 1.00. The van der Waals surface area contributed by atoms with Crippen LogP contribution in [0.4, 0.5) is 11.4 Å². The van der Waals surface area contributed by atoms with E-state index in [2.05, 4.69) is 9.80 Å². The highest BCUT2D eigenvalue weighted by atomic mass is 35.5. The molecule has 2 aromatic rings. The fraction of sp³-hybridized carbons (Fsp3) is 0.368. The molecule has 1 fully saturated rings. The number of piperazine rings is 1. The average Bonchev–Trinajstić information content (AvgIpc) is 2.63. The normalized spacial score (nSPS) is 15.4. The van der Waals surface area contributed by atoms with E-state index in [-0.39, 0.29) is 0 Å². The van der Waals surface area contributed by atoms with E-state index in [0.29, 0.717) is 16.7 Å². The number of hydrogen-bond acceptors (Lipinski definition) is 4. The fourth-order valence-electron chi connectivity index (χ4n) is 2.99. The summed E-state index contributed by atoms with van der Waals surface area (Å²) in [5, 5.41) is 1.26. The highest BCUT2D eigenvalue weighted by molar-refractivity contribution is 6.43. The van der Waals surface area contributed by atoms with Crippen LogP contribution in [0.25, 0.3) is 0 Å². The molecule has 2 aromatic carbocycles. The fourth-order valence-corrected chi connectivity index (χ4v) is 3.41. The third-order valence-electron chi connectivity index (χ3n) is 4.41. The van der Waals surface area contributed by atoms with Crippen LogP contribution in [0.2, 0.25) is 10.0 Å². The molecule has 0 radical (unpaired) electrons. The van der Waals surface area contributed by atoms with E-state index < -0.39 is 0 Å². The van der Waals surface area contributed by atoms with Crippen molar-refractivity contribution in [3.05, 3.63) is 52.5 Å². The van der Waals surface area contributed by atoms with Gasteiger partial charge in [-0.3, -0.25) is 4.90 Å². The summed E-state index contributed by atoms with van der Waals surface area (Å²) < 4.78 is 5.75. The monoisotopic (exact) mass is 379 g/mol. The third-order valence-corrected chi connectivity index (χ3v) is 5.22. The number of rotatable bonds is 6. The van der Waals surface area contributed by atoms with E-state index >= 15 is 0 Å². The Morgan fingerprint density at radius 2 is 1.68 bits per heavy atom. The number of nitrogens with two attached hydrogens (primary N) is 1. The lowest BCUT2D eigenvalue weighted by Gasteiger charge is -2.36. The standard InChI is InChI=1S/C19H23Cl2N3O/c20-17-3-1-4-18(19(17)21)24-12-10-23(11-13-24)9-2-14-25-16-7-5-15(22)6-8-16/h1,3-8H,2,9-14,22H2. The smallest absolute Gasteiger partial charge is 0.119 e. The van der Waals surface area contributed by atoms with Crippen LogP contribution in [0, 0.1) is 0 Å². The van der Waals surface area contributed by atoms with Gasteiger partial charge in [0.1, 0.15) is 5.75 Å². The first-order valence-electron chi connectivity index (χ1n) is 8.53. The zero-order valence-electron chi connectivity index (χ0n) is 14.1. The van der Waals surface area contributed by atoms with Crippen molar-refractivity contribution in [3.63, 3.8) is 0 Å². The van der Waals surface area contributed by atoms with Crippen molar-refractivity contribution in [2.75, 3.05) is 50.0 Å². The van der Waals surface area contributed by atoms with Gasteiger partial charge in [-0.15, -0.1) is 0 Å². The number of hydrogen-bond donors (Lipinski definition) is 1. The van der Waals surface area contributed by atoms with Gasteiger partial charge in [0.15, 0.2) is 0 Å². The Morgan fingerprint density at radius 1 is 0.960 bits per heavy atom. The molecule has 1 aliphatic heterocycles. The predicted octanol–water partition coefficient (Wildman–Crippen LogP) is 4.17. The Labute approximate surface area is 159 Å². The molecule has 134 valence electrons. The summed E-state index contributed by atoms with van der Waals surface area (Å²) in [5.41, 5.74) is 7.45. The summed E-state index contributed by atoms with van der Waals surface area (Å²) in [7, 11) is 0. The summed E-state index contributed by atoms with van der Waals surface area (Å²) in [4.78, 5) is 4.76. The van der Waals surface area contributed by atoms with Crippen LogP contribution >= 0.6 is 23.2 Å². The molecule has 0 saturated carbocycles. The first-order chi connectivity index (χ1) is 12.1. The lowest BCUT2D eigenvalue weighted by atomic mass is 10.2. The highest BCUT2D eigenvalue weighted by Gasteiger charge is 2.19. The Bertz CT molecular complexity index is 686. The molecule has 1 aliphatic rings. The van der Waals surface area contributed by atoms with Crippen LogP contribution in [0.15, 0.2) is 42.5 Å². The van der Waals surface area contributed by atoms with Gasteiger partial charge in [-0.05, 0) is 42.8 Å². The van der Waals surface area contributed by atoms with Crippen molar-refractivity contribution >= 4 is 34.6 Å². The van der Waals surface area contributed by atoms with E-state index in [0.717, 1.165) is 56.3 Å². The molecule has 0 spiro atoms. The Kier molecular flexibility index (Phi) is 6.29. The third kappa shape index (κ3) is 4.94. The molecule has 0 aromatic heterocycles. The molecule has 0 atom stereocenters. The quantitative estimate of drug-likeness (QED) is 0.604. The molecule has 1 heterocycles. The van der Waals surface area contributed by atoms with E-state index in [9.17, 15) is 0 Å². The lowest BCUT2D eigenvalue weighted by molar-refractivity contribution is 0.225. The molecule has 0 aliphatic carbocycles. The molecular formula is C19H23Cl2N3O. The SMILES string of the molecule is Nc1ccc(OCCCN2CCN(c3cccc(Cl)c3Cl)CC2)cc1. The molecule has 0 amide bonds. The lowest BCUT2D eigenvalue weighted by Crippen LogP contribution is -2.46. The Morgan fingerprint density at radius 3 is 2.40 bits per heavy atom. The first kappa shape index (κ1) is 18.2. The highest BCUT2D eigenvalue weighted by Crippen LogP contribution is 2.32. The second-order valence-electron chi connectivity index (χ2n) is 6.17. The van der Waals surface area contributed by atoms with Crippen LogP contribution in [0.5, 0.6) is 5.75 Å². The molecular weight excluding hydrogens is 357 g/mol. The van der Waals surface area contributed by atoms with Crippen molar-refractivity contribution in [1.82, 2.24) is 4.90 Å². The minimum absolute atomic E-state index is 0.612. The number of ether oxygens (including phenoxy) is 1. The summed E-state index contributed by atoms with van der Waals surface area (Å²) in [6, 6.07) is 13.3. The van der Waals surface area contributed by atoms with Gasteiger partial charge in [-0.25, -0.2) is 0 Å². The van der Waals surface area contributed by atoms with Gasteiger partial charge >= 0.3 is 0 Å². The van der Waals surface area contributed by atoms with Gasteiger partial charge in [0, 0.05) is 38.4 Å². The molecule has 1 saturated heterocycles. The number of nitrogens with zero attached hydrogens (tertiary/aromatic N) is 2. The van der Waals surface area contributed by atoms with Gasteiger partial charge in [-0.1, -0.05) is 29.3 Å². The first-order valence-corrected chi connectivity index (χ1v) is 9.29. The van der Waals surface area contributed by atoms with Crippen molar-refractivity contribution < 1.29 is 4.74 Å². The average molecular weight is 380 g/mol. The van der Waals surface area contributed by atoms with Crippen molar-refractivity contribution in [3.8, 4) is 5.75 Å². The second kappa shape index (κ2) is 8.65. The summed E-state index contributed by atoms with van der Waals surface area (Å²) in [6.45, 7) is 5.70. The summed E-state index contributed by atoms with van der Waals surface area (Å²) in [5.74, 6) is 0.870. The molecule has 25 heavy (non-hydrogen) atoms. The minimum Gasteiger partial charge on any atom is -0.494 e. The number of halogens is 2. The van der Waals surface area contributed by atoms with Crippen LogP contribution in [-0.4, -0.2) is 44.2 Å². The van der Waals surface area contributed by atoms with Crippen molar-refractivity contribution in [2.24, 2.45) is 0 Å². The molecule has 4 nitrogen and oxygen atoms in total. The number of anilines is 2. The predicted molar refractivity (Wildman–Crippen MR) is 106 cm³/mol. The van der Waals surface area contributed by atoms with Crippen LogP contribution in [0.3, 0.4) is 0 Å². The maximum Gasteiger partial charge on any atom is 0.119 e. The molecule has 2 N–H and O–H groups in total. The van der Waals surface area contributed by atoms with Crippen LogP contribution in [0.1, 0.15) is 6.42 Å².